The van der Waals surface area contributed by atoms with Gasteiger partial charge in [0.15, 0.2) is 11.0 Å². The molecule has 3 rings (SSSR count). The number of rotatable bonds is 10. The van der Waals surface area contributed by atoms with E-state index in [1.54, 1.807) is 14.0 Å². The predicted octanol–water partition coefficient (Wildman–Crippen LogP) is 4.00. The number of hydrogen-bond donors (Lipinski definition) is 1. The lowest BCUT2D eigenvalue weighted by molar-refractivity contribution is -0.120. The predicted molar refractivity (Wildman–Crippen MR) is 126 cm³/mol. The highest BCUT2D eigenvalue weighted by Gasteiger charge is 2.30. The number of aromatic nitrogens is 3. The summed E-state index contributed by atoms with van der Waals surface area (Å²) in [7, 11) is 1.61. The number of carbonyl (C=O) groups is 1. The second-order valence-electron chi connectivity index (χ2n) is 7.84. The van der Waals surface area contributed by atoms with E-state index in [2.05, 4.69) is 21.6 Å². The molecule has 172 valence electrons. The van der Waals surface area contributed by atoms with E-state index in [0.29, 0.717) is 16.7 Å². The Morgan fingerprint density at radius 1 is 1.15 bits per heavy atom. The molecule has 0 bridgehead atoms. The van der Waals surface area contributed by atoms with Gasteiger partial charge in [0.1, 0.15) is 23.6 Å². The summed E-state index contributed by atoms with van der Waals surface area (Å²) in [5.74, 6) is 1.87. The number of carbonyl (C=O) groups excluding carboxylic acids is 1. The van der Waals surface area contributed by atoms with Gasteiger partial charge in [-0.1, -0.05) is 43.8 Å². The molecule has 1 heterocycles. The third-order valence-electron chi connectivity index (χ3n) is 5.26. The van der Waals surface area contributed by atoms with Crippen molar-refractivity contribution in [3.63, 3.8) is 0 Å². The van der Waals surface area contributed by atoms with Gasteiger partial charge in [0, 0.05) is 5.69 Å². The molecule has 1 aromatic heterocycles. The molecule has 9 heteroatoms. The number of nitrogens with zero attached hydrogens (tertiary/aromatic N) is 4. The number of hydrogen-bond acceptors (Lipinski definition) is 7. The first-order valence-corrected chi connectivity index (χ1v) is 11.5. The molecule has 0 aliphatic heterocycles. The minimum absolute atomic E-state index is 0.0221. The zero-order valence-corrected chi connectivity index (χ0v) is 19.9. The molecule has 0 aliphatic carbocycles. The van der Waals surface area contributed by atoms with Gasteiger partial charge in [-0.15, -0.1) is 10.2 Å². The number of para-hydroxylation sites is 1. The van der Waals surface area contributed by atoms with Crippen LogP contribution in [0.4, 0.5) is 0 Å². The van der Waals surface area contributed by atoms with Crippen molar-refractivity contribution in [2.75, 3.05) is 12.9 Å². The van der Waals surface area contributed by atoms with Crippen LogP contribution in [0.3, 0.4) is 0 Å². The Hall–Kier alpha value is -3.51. The van der Waals surface area contributed by atoms with Crippen molar-refractivity contribution < 1.29 is 14.3 Å². The highest BCUT2D eigenvalue weighted by Crippen LogP contribution is 2.24. The lowest BCUT2D eigenvalue weighted by Gasteiger charge is -2.27. The molecule has 0 fully saturated rings. The molecular formula is C24H27N5O3S. The van der Waals surface area contributed by atoms with Crippen molar-refractivity contribution in [2.45, 2.75) is 38.1 Å². The number of nitriles is 1. The van der Waals surface area contributed by atoms with E-state index in [0.717, 1.165) is 11.4 Å². The third-order valence-corrected chi connectivity index (χ3v) is 6.19. The SMILES string of the molecule is COc1ccc(OCc2nnc(SCC(=O)N[C@@](C)(C#N)C(C)C)n2-c2ccccc2)cc1. The van der Waals surface area contributed by atoms with E-state index < -0.39 is 5.54 Å². The molecule has 3 aromatic rings. The first-order chi connectivity index (χ1) is 15.9. The first-order valence-electron chi connectivity index (χ1n) is 10.5. The van der Waals surface area contributed by atoms with Crippen LogP contribution in [0.2, 0.25) is 0 Å². The summed E-state index contributed by atoms with van der Waals surface area (Å²) < 4.78 is 12.9. The van der Waals surface area contributed by atoms with E-state index in [1.165, 1.54) is 11.8 Å². The lowest BCUT2D eigenvalue weighted by Crippen LogP contribution is -2.49. The quantitative estimate of drug-likeness (QED) is 0.452. The second kappa shape index (κ2) is 10.9. The van der Waals surface area contributed by atoms with Crippen LogP contribution in [0.15, 0.2) is 59.8 Å². The summed E-state index contributed by atoms with van der Waals surface area (Å²) in [5.41, 5.74) is -0.0648. The molecule has 0 saturated carbocycles. The summed E-state index contributed by atoms with van der Waals surface area (Å²) in [4.78, 5) is 12.5. The van der Waals surface area contributed by atoms with Gasteiger partial charge in [-0.3, -0.25) is 9.36 Å². The Bertz CT molecular complexity index is 1110. The van der Waals surface area contributed by atoms with Gasteiger partial charge in [0.05, 0.1) is 18.9 Å². The minimum atomic E-state index is -0.928. The van der Waals surface area contributed by atoms with Crippen molar-refractivity contribution >= 4 is 17.7 Å². The molecule has 0 saturated heterocycles. The minimum Gasteiger partial charge on any atom is -0.497 e. The molecule has 0 radical (unpaired) electrons. The van der Waals surface area contributed by atoms with Crippen molar-refractivity contribution in [3.8, 4) is 23.3 Å². The van der Waals surface area contributed by atoms with E-state index in [4.69, 9.17) is 9.47 Å². The number of nitrogens with one attached hydrogen (secondary N) is 1. The molecule has 1 N–H and O–H groups in total. The summed E-state index contributed by atoms with van der Waals surface area (Å²) in [5, 5.41) is 21.4. The third kappa shape index (κ3) is 6.05. The van der Waals surface area contributed by atoms with E-state index in [1.807, 2.05) is 73.0 Å². The molecule has 0 spiro atoms. The average Bonchev–Trinajstić information content (AvgIpc) is 3.24. The van der Waals surface area contributed by atoms with Crippen LogP contribution in [0.5, 0.6) is 11.5 Å². The Morgan fingerprint density at radius 3 is 2.42 bits per heavy atom. The lowest BCUT2D eigenvalue weighted by atomic mass is 9.90. The number of ether oxygens (including phenoxy) is 2. The summed E-state index contributed by atoms with van der Waals surface area (Å²) >= 11 is 1.26. The molecule has 0 aliphatic rings. The second-order valence-corrected chi connectivity index (χ2v) is 8.78. The number of amides is 1. The molecule has 1 atom stereocenters. The van der Waals surface area contributed by atoms with E-state index in [-0.39, 0.29) is 24.2 Å². The zero-order valence-electron chi connectivity index (χ0n) is 19.1. The summed E-state index contributed by atoms with van der Waals surface area (Å²) in [6.07, 6.45) is 0. The van der Waals surface area contributed by atoms with Crippen LogP contribution in [-0.2, 0) is 11.4 Å². The molecule has 2 aromatic carbocycles. The largest absolute Gasteiger partial charge is 0.497 e. The number of methoxy groups -OCH3 is 1. The van der Waals surface area contributed by atoms with Gasteiger partial charge in [0.2, 0.25) is 5.91 Å². The average molecular weight is 466 g/mol. The van der Waals surface area contributed by atoms with Gasteiger partial charge in [-0.05, 0) is 49.2 Å². The van der Waals surface area contributed by atoms with Crippen molar-refractivity contribution in [2.24, 2.45) is 5.92 Å². The maximum absolute atomic E-state index is 12.5. The standard InChI is InChI=1S/C24H27N5O3S/c1-17(2)24(3,16-25)26-22(30)15-33-23-28-27-21(29(23)18-8-6-5-7-9-18)14-32-20-12-10-19(31-4)11-13-20/h5-13,17H,14-15H2,1-4H3,(H,26,30)/t24-/m0/s1. The van der Waals surface area contributed by atoms with Crippen LogP contribution >= 0.6 is 11.8 Å². The Balaban J connectivity index is 1.76. The van der Waals surface area contributed by atoms with Crippen LogP contribution in [0.1, 0.15) is 26.6 Å². The normalized spacial score (nSPS) is 12.6. The Morgan fingerprint density at radius 2 is 1.82 bits per heavy atom. The molecule has 1 amide bonds. The molecule has 8 nitrogen and oxygen atoms in total. The maximum atomic E-state index is 12.5. The fraction of sp³-hybridized carbons (Fsp3) is 0.333. The topological polar surface area (TPSA) is 102 Å². The molecular weight excluding hydrogens is 438 g/mol. The van der Waals surface area contributed by atoms with Crippen molar-refractivity contribution in [1.82, 2.24) is 20.1 Å². The van der Waals surface area contributed by atoms with E-state index in [9.17, 15) is 10.1 Å². The van der Waals surface area contributed by atoms with Gasteiger partial charge >= 0.3 is 0 Å². The Kier molecular flexibility index (Phi) is 7.96. The zero-order chi connectivity index (χ0) is 23.8. The Labute approximate surface area is 197 Å². The fourth-order valence-corrected chi connectivity index (χ4v) is 3.67. The van der Waals surface area contributed by atoms with Gasteiger partial charge < -0.3 is 14.8 Å². The van der Waals surface area contributed by atoms with Gasteiger partial charge in [-0.2, -0.15) is 5.26 Å². The van der Waals surface area contributed by atoms with Gasteiger partial charge in [-0.25, -0.2) is 0 Å². The smallest absolute Gasteiger partial charge is 0.231 e. The molecule has 33 heavy (non-hydrogen) atoms. The van der Waals surface area contributed by atoms with Gasteiger partial charge in [0.25, 0.3) is 0 Å². The van der Waals surface area contributed by atoms with Crippen molar-refractivity contribution in [1.29, 1.82) is 5.26 Å². The van der Waals surface area contributed by atoms with Crippen LogP contribution in [0, 0.1) is 17.2 Å². The van der Waals surface area contributed by atoms with Crippen molar-refractivity contribution in [3.05, 3.63) is 60.4 Å². The highest BCUT2D eigenvalue weighted by atomic mass is 32.2. The van der Waals surface area contributed by atoms with E-state index >= 15 is 0 Å². The highest BCUT2D eigenvalue weighted by molar-refractivity contribution is 7.99. The maximum Gasteiger partial charge on any atom is 0.231 e. The number of benzene rings is 2. The summed E-state index contributed by atoms with van der Waals surface area (Å²) in [6, 6.07) is 19.1. The monoisotopic (exact) mass is 465 g/mol. The van der Waals surface area contributed by atoms with Crippen LogP contribution < -0.4 is 14.8 Å². The summed E-state index contributed by atoms with van der Waals surface area (Å²) in [6.45, 7) is 5.72. The number of thioether (sulfide) groups is 1. The first kappa shape index (κ1) is 24.1. The van der Waals surface area contributed by atoms with Crippen LogP contribution in [-0.4, -0.2) is 39.1 Å². The van der Waals surface area contributed by atoms with Crippen LogP contribution in [0.25, 0.3) is 5.69 Å². The molecule has 0 unspecified atom stereocenters. The fourth-order valence-electron chi connectivity index (χ4n) is 2.90.